The van der Waals surface area contributed by atoms with Crippen LogP contribution in [0, 0.1) is 0 Å². The molecule has 0 aliphatic carbocycles. The van der Waals surface area contributed by atoms with E-state index in [-0.39, 0.29) is 0 Å². The maximum Gasteiger partial charge on any atom is 0.146 e. The van der Waals surface area contributed by atoms with Crippen LogP contribution in [0.2, 0.25) is 0 Å². The summed E-state index contributed by atoms with van der Waals surface area (Å²) >= 11 is 0. The van der Waals surface area contributed by atoms with Crippen molar-refractivity contribution in [2.45, 2.75) is 25.3 Å². The summed E-state index contributed by atoms with van der Waals surface area (Å²) in [5.74, 6) is 0.949. The molecule has 4 heteroatoms. The average molecular weight is 206 g/mol. The number of nitrogens with one attached hydrogen (secondary N) is 1. The Bertz CT molecular complexity index is 282. The molecule has 0 aromatic carbocycles. The molecule has 0 radical (unpaired) electrons. The van der Waals surface area contributed by atoms with E-state index in [0.29, 0.717) is 6.04 Å². The largest absolute Gasteiger partial charge is 0.357 e. The highest BCUT2D eigenvalue weighted by atomic mass is 15.2. The first-order valence-corrected chi connectivity index (χ1v) is 5.57. The highest BCUT2D eigenvalue weighted by Crippen LogP contribution is 2.11. The maximum absolute atomic E-state index is 4.28. The Labute approximate surface area is 90.7 Å². The lowest BCUT2D eigenvalue weighted by molar-refractivity contribution is 0.403. The number of hydrogen-bond acceptors (Lipinski definition) is 4. The average Bonchev–Trinajstić information content (AvgIpc) is 2.31. The maximum atomic E-state index is 4.28. The minimum atomic E-state index is 0.603. The van der Waals surface area contributed by atoms with Gasteiger partial charge in [0.05, 0.1) is 6.20 Å². The van der Waals surface area contributed by atoms with E-state index in [9.17, 15) is 0 Å². The van der Waals surface area contributed by atoms with Crippen LogP contribution in [0.1, 0.15) is 19.3 Å². The summed E-state index contributed by atoms with van der Waals surface area (Å²) in [7, 11) is 2.07. The summed E-state index contributed by atoms with van der Waals surface area (Å²) in [5.41, 5.74) is 0. The van der Waals surface area contributed by atoms with Gasteiger partial charge in [-0.25, -0.2) is 4.98 Å². The lowest BCUT2D eigenvalue weighted by Gasteiger charge is -2.28. The van der Waals surface area contributed by atoms with Crippen LogP contribution in [0.4, 0.5) is 5.82 Å². The SMILES string of the molecule is CN(C[C@H]1CCCCN1)c1cnccn1. The fraction of sp³-hybridized carbons (Fsp3) is 0.636. The molecule has 2 rings (SSSR count). The predicted molar refractivity (Wildman–Crippen MR) is 60.9 cm³/mol. The number of aromatic nitrogens is 2. The van der Waals surface area contributed by atoms with Gasteiger partial charge >= 0.3 is 0 Å². The molecule has 0 unspecified atom stereocenters. The molecule has 0 spiro atoms. The zero-order chi connectivity index (χ0) is 10.5. The van der Waals surface area contributed by atoms with Gasteiger partial charge in [-0.2, -0.15) is 0 Å². The zero-order valence-electron chi connectivity index (χ0n) is 9.19. The first-order valence-electron chi connectivity index (χ1n) is 5.57. The summed E-state index contributed by atoms with van der Waals surface area (Å²) in [6.07, 6.45) is 9.17. The van der Waals surface area contributed by atoms with Gasteiger partial charge in [-0.15, -0.1) is 0 Å². The molecule has 1 aliphatic heterocycles. The van der Waals surface area contributed by atoms with Crippen LogP contribution in [-0.4, -0.2) is 36.1 Å². The standard InChI is InChI=1S/C11H18N4/c1-15(11-8-12-6-7-14-11)9-10-4-2-3-5-13-10/h6-8,10,13H,2-5,9H2,1H3/t10-/m1/s1. The molecular weight excluding hydrogens is 188 g/mol. The molecule has 15 heavy (non-hydrogen) atoms. The third kappa shape index (κ3) is 2.89. The number of piperidine rings is 1. The van der Waals surface area contributed by atoms with E-state index in [1.54, 1.807) is 12.4 Å². The topological polar surface area (TPSA) is 41.0 Å². The van der Waals surface area contributed by atoms with Crippen LogP contribution in [-0.2, 0) is 0 Å². The van der Waals surface area contributed by atoms with Gasteiger partial charge in [0.25, 0.3) is 0 Å². The van der Waals surface area contributed by atoms with Crippen LogP contribution in [0.25, 0.3) is 0 Å². The van der Waals surface area contributed by atoms with Crippen molar-refractivity contribution in [1.82, 2.24) is 15.3 Å². The Hall–Kier alpha value is -1.16. The summed E-state index contributed by atoms with van der Waals surface area (Å²) < 4.78 is 0. The third-order valence-corrected chi connectivity index (χ3v) is 2.85. The van der Waals surface area contributed by atoms with E-state index in [2.05, 4.69) is 27.2 Å². The molecule has 1 aliphatic rings. The highest BCUT2D eigenvalue weighted by Gasteiger charge is 2.15. The van der Waals surface area contributed by atoms with E-state index >= 15 is 0 Å². The van der Waals surface area contributed by atoms with Gasteiger partial charge in [-0.05, 0) is 19.4 Å². The van der Waals surface area contributed by atoms with E-state index in [4.69, 9.17) is 0 Å². The summed E-state index contributed by atoms with van der Waals surface area (Å²) in [5, 5.41) is 3.53. The lowest BCUT2D eigenvalue weighted by Crippen LogP contribution is -2.42. The Balaban J connectivity index is 1.88. The van der Waals surface area contributed by atoms with Gasteiger partial charge < -0.3 is 10.2 Å². The first kappa shape index (κ1) is 10.4. The summed E-state index contributed by atoms with van der Waals surface area (Å²) in [4.78, 5) is 10.5. The summed E-state index contributed by atoms with van der Waals surface area (Å²) in [6, 6.07) is 0.603. The Morgan fingerprint density at radius 2 is 2.40 bits per heavy atom. The molecule has 1 saturated heterocycles. The van der Waals surface area contributed by atoms with Crippen molar-refractivity contribution in [1.29, 1.82) is 0 Å². The van der Waals surface area contributed by atoms with Crippen molar-refractivity contribution in [2.24, 2.45) is 0 Å². The van der Waals surface area contributed by atoms with Crippen molar-refractivity contribution in [3.8, 4) is 0 Å². The van der Waals surface area contributed by atoms with E-state index < -0.39 is 0 Å². The van der Waals surface area contributed by atoms with Crippen molar-refractivity contribution in [3.63, 3.8) is 0 Å². The molecule has 1 fully saturated rings. The normalized spacial score (nSPS) is 21.3. The number of hydrogen-bond donors (Lipinski definition) is 1. The van der Waals surface area contributed by atoms with Crippen molar-refractivity contribution in [2.75, 3.05) is 25.0 Å². The zero-order valence-corrected chi connectivity index (χ0v) is 9.19. The number of likely N-dealkylation sites (N-methyl/N-ethyl adjacent to an activating group) is 1. The highest BCUT2D eigenvalue weighted by molar-refractivity contribution is 5.33. The fourth-order valence-corrected chi connectivity index (χ4v) is 1.99. The van der Waals surface area contributed by atoms with Crippen molar-refractivity contribution in [3.05, 3.63) is 18.6 Å². The van der Waals surface area contributed by atoms with Crippen LogP contribution >= 0.6 is 0 Å². The van der Waals surface area contributed by atoms with Gasteiger partial charge in [0, 0.05) is 32.0 Å². The molecule has 0 bridgehead atoms. The molecule has 2 heterocycles. The van der Waals surface area contributed by atoms with Gasteiger partial charge in [0.15, 0.2) is 0 Å². The Morgan fingerprint density at radius 3 is 3.07 bits per heavy atom. The predicted octanol–water partition coefficient (Wildman–Crippen LogP) is 1.05. The third-order valence-electron chi connectivity index (χ3n) is 2.85. The minimum Gasteiger partial charge on any atom is -0.357 e. The molecule has 82 valence electrons. The van der Waals surface area contributed by atoms with Gasteiger partial charge in [-0.1, -0.05) is 6.42 Å². The number of anilines is 1. The van der Waals surface area contributed by atoms with Gasteiger partial charge in [0.1, 0.15) is 5.82 Å². The van der Waals surface area contributed by atoms with Crippen molar-refractivity contribution >= 4 is 5.82 Å². The van der Waals surface area contributed by atoms with Crippen LogP contribution in [0.3, 0.4) is 0 Å². The first-order chi connectivity index (χ1) is 7.36. The van der Waals surface area contributed by atoms with Gasteiger partial charge in [0.2, 0.25) is 0 Å². The lowest BCUT2D eigenvalue weighted by atomic mass is 10.0. The smallest absolute Gasteiger partial charge is 0.146 e. The molecule has 1 aromatic heterocycles. The second-order valence-electron chi connectivity index (χ2n) is 4.09. The van der Waals surface area contributed by atoms with Crippen LogP contribution in [0.15, 0.2) is 18.6 Å². The monoisotopic (exact) mass is 206 g/mol. The number of nitrogens with zero attached hydrogens (tertiary/aromatic N) is 3. The van der Waals surface area contributed by atoms with E-state index in [1.807, 2.05) is 6.20 Å². The fourth-order valence-electron chi connectivity index (χ4n) is 1.99. The second kappa shape index (κ2) is 5.07. The van der Waals surface area contributed by atoms with E-state index in [1.165, 1.54) is 19.3 Å². The molecule has 1 N–H and O–H groups in total. The van der Waals surface area contributed by atoms with E-state index in [0.717, 1.165) is 18.9 Å². The molecule has 1 aromatic rings. The van der Waals surface area contributed by atoms with Crippen LogP contribution in [0.5, 0.6) is 0 Å². The molecule has 0 amide bonds. The summed E-state index contributed by atoms with van der Waals surface area (Å²) in [6.45, 7) is 2.16. The molecule has 4 nitrogen and oxygen atoms in total. The number of rotatable bonds is 3. The van der Waals surface area contributed by atoms with Gasteiger partial charge in [-0.3, -0.25) is 4.98 Å². The van der Waals surface area contributed by atoms with Crippen molar-refractivity contribution < 1.29 is 0 Å². The Morgan fingerprint density at radius 1 is 1.47 bits per heavy atom. The second-order valence-corrected chi connectivity index (χ2v) is 4.09. The molecular formula is C11H18N4. The minimum absolute atomic E-state index is 0.603. The molecule has 1 atom stereocenters. The Kier molecular flexibility index (Phi) is 3.50. The molecule has 0 saturated carbocycles. The quantitative estimate of drug-likeness (QED) is 0.802. The van der Waals surface area contributed by atoms with Crippen LogP contribution < -0.4 is 10.2 Å².